The van der Waals surface area contributed by atoms with Crippen LogP contribution in [0.4, 0.5) is 0 Å². The molecule has 2 atom stereocenters. The monoisotopic (exact) mass is 400 g/mol. The summed E-state index contributed by atoms with van der Waals surface area (Å²) >= 11 is 0. The molecule has 3 N–H and O–H groups in total. The molecule has 1 aromatic rings. The summed E-state index contributed by atoms with van der Waals surface area (Å²) in [5, 5.41) is 27.0. The van der Waals surface area contributed by atoms with E-state index in [9.17, 15) is 19.8 Å². The first-order chi connectivity index (χ1) is 13.8. The van der Waals surface area contributed by atoms with Crippen molar-refractivity contribution >= 4 is 11.8 Å². The number of carbonyl (C=O) groups excluding carboxylic acids is 1. The SMILES string of the molecule is Cc1cccc(OCC/C=C/[C@H]2CCC(=O)[C@@H]2CC=C=CCC(O)(O)C(=O)O)c1. The van der Waals surface area contributed by atoms with Crippen LogP contribution in [0, 0.1) is 18.8 Å². The molecule has 0 amide bonds. The lowest BCUT2D eigenvalue weighted by atomic mass is 9.91. The van der Waals surface area contributed by atoms with Crippen LogP contribution in [0.25, 0.3) is 0 Å². The van der Waals surface area contributed by atoms with Gasteiger partial charge in [0.2, 0.25) is 0 Å². The Labute approximate surface area is 170 Å². The predicted molar refractivity (Wildman–Crippen MR) is 108 cm³/mol. The molecule has 1 aliphatic rings. The molecule has 0 spiro atoms. The summed E-state index contributed by atoms with van der Waals surface area (Å²) in [5.41, 5.74) is 3.89. The van der Waals surface area contributed by atoms with Crippen molar-refractivity contribution in [1.82, 2.24) is 0 Å². The van der Waals surface area contributed by atoms with Gasteiger partial charge in [-0.2, -0.15) is 0 Å². The van der Waals surface area contributed by atoms with Gasteiger partial charge in [-0.25, -0.2) is 4.79 Å². The normalized spacial score (nSPS) is 19.2. The van der Waals surface area contributed by atoms with Gasteiger partial charge in [-0.05, 0) is 62.0 Å². The number of rotatable bonds is 10. The minimum atomic E-state index is -2.80. The number of carboxylic acids is 1. The summed E-state index contributed by atoms with van der Waals surface area (Å²) in [5.74, 6) is -3.42. The molecule has 29 heavy (non-hydrogen) atoms. The van der Waals surface area contributed by atoms with Crippen LogP contribution in [0.5, 0.6) is 5.75 Å². The fraction of sp³-hybridized carbons (Fsp3) is 0.435. The van der Waals surface area contributed by atoms with E-state index in [0.717, 1.165) is 24.2 Å². The van der Waals surface area contributed by atoms with E-state index >= 15 is 0 Å². The van der Waals surface area contributed by atoms with E-state index in [1.165, 1.54) is 6.08 Å². The lowest BCUT2D eigenvalue weighted by Gasteiger charge is -2.13. The summed E-state index contributed by atoms with van der Waals surface area (Å²) in [4.78, 5) is 22.7. The zero-order valence-corrected chi connectivity index (χ0v) is 16.6. The van der Waals surface area contributed by atoms with Crippen LogP contribution in [-0.4, -0.2) is 39.5 Å². The highest BCUT2D eigenvalue weighted by Crippen LogP contribution is 2.32. The smallest absolute Gasteiger partial charge is 0.364 e. The number of aliphatic hydroxyl groups is 2. The molecule has 0 saturated heterocycles. The Morgan fingerprint density at radius 2 is 2.14 bits per heavy atom. The third-order valence-electron chi connectivity index (χ3n) is 4.92. The van der Waals surface area contributed by atoms with Crippen LogP contribution in [0.1, 0.15) is 37.7 Å². The highest BCUT2D eigenvalue weighted by molar-refractivity contribution is 5.83. The van der Waals surface area contributed by atoms with E-state index in [1.54, 1.807) is 6.08 Å². The molecule has 6 nitrogen and oxygen atoms in total. The van der Waals surface area contributed by atoms with Gasteiger partial charge in [-0.1, -0.05) is 24.3 Å². The van der Waals surface area contributed by atoms with Crippen LogP contribution in [0.15, 0.2) is 54.3 Å². The van der Waals surface area contributed by atoms with E-state index in [2.05, 4.69) is 11.8 Å². The number of benzene rings is 1. The molecule has 0 aliphatic heterocycles. The summed E-state index contributed by atoms with van der Waals surface area (Å²) in [7, 11) is 0. The molecule has 0 bridgehead atoms. The maximum Gasteiger partial charge on any atom is 0.364 e. The number of allylic oxidation sites excluding steroid dienone is 1. The van der Waals surface area contributed by atoms with Crippen molar-refractivity contribution in [3.8, 4) is 5.75 Å². The zero-order chi connectivity index (χ0) is 21.3. The molecule has 6 heteroatoms. The number of hydrogen-bond acceptors (Lipinski definition) is 5. The van der Waals surface area contributed by atoms with Crippen LogP contribution in [0.2, 0.25) is 0 Å². The van der Waals surface area contributed by atoms with E-state index in [4.69, 9.17) is 9.84 Å². The van der Waals surface area contributed by atoms with E-state index in [1.807, 2.05) is 37.3 Å². The first-order valence-electron chi connectivity index (χ1n) is 9.76. The second kappa shape index (κ2) is 10.8. The molecule has 1 aromatic carbocycles. The van der Waals surface area contributed by atoms with Gasteiger partial charge in [0, 0.05) is 18.8 Å². The van der Waals surface area contributed by atoms with E-state index < -0.39 is 18.2 Å². The number of ketones is 1. The maximum atomic E-state index is 12.1. The van der Waals surface area contributed by atoms with Crippen molar-refractivity contribution in [2.75, 3.05) is 6.61 Å². The molecule has 0 heterocycles. The van der Waals surface area contributed by atoms with Gasteiger partial charge in [-0.3, -0.25) is 4.79 Å². The highest BCUT2D eigenvalue weighted by Gasteiger charge is 2.32. The van der Waals surface area contributed by atoms with Crippen LogP contribution < -0.4 is 4.74 Å². The lowest BCUT2D eigenvalue weighted by Crippen LogP contribution is -2.37. The summed E-state index contributed by atoms with van der Waals surface area (Å²) in [6.45, 7) is 2.59. The average molecular weight is 400 g/mol. The Kier molecular flexibility index (Phi) is 8.40. The van der Waals surface area contributed by atoms with Gasteiger partial charge in [0.25, 0.3) is 5.79 Å². The number of aliphatic carboxylic acids is 1. The van der Waals surface area contributed by atoms with Crippen molar-refractivity contribution < 1.29 is 29.6 Å². The van der Waals surface area contributed by atoms with E-state index in [0.29, 0.717) is 19.4 Å². The first-order valence-corrected chi connectivity index (χ1v) is 9.76. The third-order valence-corrected chi connectivity index (χ3v) is 4.92. The van der Waals surface area contributed by atoms with Crippen molar-refractivity contribution in [2.45, 2.75) is 44.8 Å². The lowest BCUT2D eigenvalue weighted by molar-refractivity contribution is -0.201. The van der Waals surface area contributed by atoms with Gasteiger partial charge < -0.3 is 20.1 Å². The number of Topliss-reactive ketones (excluding diaryl/α,β-unsaturated/α-hetero) is 1. The van der Waals surface area contributed by atoms with Crippen LogP contribution >= 0.6 is 0 Å². The first kappa shape index (κ1) is 22.6. The largest absolute Gasteiger partial charge is 0.493 e. The summed E-state index contributed by atoms with van der Waals surface area (Å²) in [6.07, 6.45) is 9.15. The minimum Gasteiger partial charge on any atom is -0.493 e. The predicted octanol–water partition coefficient (Wildman–Crippen LogP) is 3.17. The number of carbonyl (C=O) groups is 2. The topological polar surface area (TPSA) is 104 Å². The van der Waals surface area contributed by atoms with Crippen LogP contribution in [-0.2, 0) is 9.59 Å². The Hall–Kier alpha value is -2.66. The molecule has 2 rings (SSSR count). The number of carboxylic acid groups (broad SMARTS) is 1. The molecule has 0 radical (unpaired) electrons. The fourth-order valence-electron chi connectivity index (χ4n) is 3.26. The van der Waals surface area contributed by atoms with Gasteiger partial charge in [0.05, 0.1) is 6.61 Å². The zero-order valence-electron chi connectivity index (χ0n) is 16.6. The number of ether oxygens (including phenoxy) is 1. The Bertz CT molecular complexity index is 801. The molecule has 0 unspecified atom stereocenters. The Balaban J connectivity index is 1.79. The van der Waals surface area contributed by atoms with Crippen molar-refractivity contribution in [1.29, 1.82) is 0 Å². The van der Waals surface area contributed by atoms with Gasteiger partial charge in [-0.15, -0.1) is 5.73 Å². The minimum absolute atomic E-state index is 0.127. The second-order valence-corrected chi connectivity index (χ2v) is 7.29. The molecule has 1 aliphatic carbocycles. The number of hydrogen-bond donors (Lipinski definition) is 3. The number of aryl methyl sites for hydroxylation is 1. The highest BCUT2D eigenvalue weighted by atomic mass is 16.5. The van der Waals surface area contributed by atoms with Gasteiger partial charge >= 0.3 is 5.97 Å². The molecule has 0 aromatic heterocycles. The van der Waals surface area contributed by atoms with Gasteiger partial charge in [0.15, 0.2) is 0 Å². The van der Waals surface area contributed by atoms with Crippen molar-refractivity contribution in [3.05, 3.63) is 59.9 Å². The third kappa shape index (κ3) is 7.35. The second-order valence-electron chi connectivity index (χ2n) is 7.29. The average Bonchev–Trinajstić information content (AvgIpc) is 3.01. The summed E-state index contributed by atoms with van der Waals surface area (Å²) in [6, 6.07) is 7.89. The molecular formula is C23H28O6. The van der Waals surface area contributed by atoms with Crippen molar-refractivity contribution in [2.24, 2.45) is 11.8 Å². The Morgan fingerprint density at radius 3 is 2.86 bits per heavy atom. The molecule has 1 fully saturated rings. The fourth-order valence-corrected chi connectivity index (χ4v) is 3.26. The summed E-state index contributed by atoms with van der Waals surface area (Å²) < 4.78 is 5.71. The Morgan fingerprint density at radius 1 is 1.34 bits per heavy atom. The van der Waals surface area contributed by atoms with Gasteiger partial charge in [0.1, 0.15) is 11.5 Å². The van der Waals surface area contributed by atoms with E-state index in [-0.39, 0.29) is 17.6 Å². The quantitative estimate of drug-likeness (QED) is 0.241. The standard InChI is InChI=1S/C23H28O6/c1-17-8-7-10-19(16-17)29-15-6-4-9-18-12-13-21(24)20(18)11-3-2-5-14-23(27,28)22(25)26/h3-5,7-10,16,18,20,27-28H,6,11-15H2,1H3,(H,25,26)/b9-4+/t2?,18-,20+/m0/s1. The maximum absolute atomic E-state index is 12.1. The molecule has 156 valence electrons. The van der Waals surface area contributed by atoms with Crippen LogP contribution in [0.3, 0.4) is 0 Å². The van der Waals surface area contributed by atoms with Crippen molar-refractivity contribution in [3.63, 3.8) is 0 Å². The molecular weight excluding hydrogens is 372 g/mol. The molecule has 1 saturated carbocycles.